The number of nitrogens with zero attached hydrogens (tertiary/aromatic N) is 3. The minimum absolute atomic E-state index is 0.193. The number of aryl methyl sites for hydroxylation is 1. The third-order valence-electron chi connectivity index (χ3n) is 4.33. The minimum atomic E-state index is -0.265. The van der Waals surface area contributed by atoms with Gasteiger partial charge in [-0.15, -0.1) is 0 Å². The summed E-state index contributed by atoms with van der Waals surface area (Å²) in [6.45, 7) is 0. The van der Waals surface area contributed by atoms with Crippen molar-refractivity contribution < 1.29 is 9.53 Å². The Morgan fingerprint density at radius 3 is 2.74 bits per heavy atom. The van der Waals surface area contributed by atoms with Gasteiger partial charge in [-0.25, -0.2) is 14.5 Å². The second-order valence-electron chi connectivity index (χ2n) is 5.60. The number of hydrogen-bond donors (Lipinski definition) is 0. The lowest BCUT2D eigenvalue weighted by Gasteiger charge is -2.21. The predicted octanol–water partition coefficient (Wildman–Crippen LogP) is 2.38. The van der Waals surface area contributed by atoms with Crippen LogP contribution in [0.1, 0.15) is 68.6 Å². The lowest BCUT2D eigenvalue weighted by Crippen LogP contribution is -2.27. The van der Waals surface area contributed by atoms with Gasteiger partial charge in [-0.3, -0.25) is 0 Å². The number of carbonyl (C=O) groups is 1. The summed E-state index contributed by atoms with van der Waals surface area (Å²) in [4.78, 5) is 16.5. The van der Waals surface area contributed by atoms with Gasteiger partial charge in [0.05, 0.1) is 7.11 Å². The van der Waals surface area contributed by atoms with Crippen LogP contribution in [0.3, 0.4) is 0 Å². The number of ether oxygens (including phenoxy) is 1. The first-order valence-corrected chi connectivity index (χ1v) is 7.32. The molecule has 1 aromatic heterocycles. The molecule has 0 aromatic carbocycles. The van der Waals surface area contributed by atoms with E-state index in [0.29, 0.717) is 5.92 Å². The van der Waals surface area contributed by atoms with Crippen LogP contribution in [0.25, 0.3) is 0 Å². The zero-order valence-corrected chi connectivity index (χ0v) is 11.5. The second kappa shape index (κ2) is 5.31. The van der Waals surface area contributed by atoms with Crippen molar-refractivity contribution in [3.05, 3.63) is 11.6 Å². The van der Waals surface area contributed by atoms with E-state index in [2.05, 4.69) is 10.1 Å². The Hall–Kier alpha value is -1.39. The van der Waals surface area contributed by atoms with Crippen LogP contribution in [0.4, 0.5) is 0 Å². The first-order valence-electron chi connectivity index (χ1n) is 7.32. The Morgan fingerprint density at radius 2 is 2.00 bits per heavy atom. The van der Waals surface area contributed by atoms with Gasteiger partial charge in [0.1, 0.15) is 5.82 Å². The normalized spacial score (nSPS) is 23.9. The molecule has 1 fully saturated rings. The van der Waals surface area contributed by atoms with E-state index < -0.39 is 0 Å². The van der Waals surface area contributed by atoms with E-state index in [-0.39, 0.29) is 12.0 Å². The van der Waals surface area contributed by atoms with Gasteiger partial charge in [0.2, 0.25) is 0 Å². The Kier molecular flexibility index (Phi) is 3.53. The predicted molar refractivity (Wildman–Crippen MR) is 69.8 cm³/mol. The molecule has 0 radical (unpaired) electrons. The maximum atomic E-state index is 11.8. The fraction of sp³-hybridized carbons (Fsp3) is 0.786. The van der Waals surface area contributed by atoms with Crippen molar-refractivity contribution in [3.8, 4) is 0 Å². The molecule has 2 heterocycles. The van der Waals surface area contributed by atoms with Crippen molar-refractivity contribution >= 4 is 5.97 Å². The van der Waals surface area contributed by atoms with Crippen LogP contribution in [0, 0.1) is 0 Å². The summed E-state index contributed by atoms with van der Waals surface area (Å²) in [5.74, 6) is 2.21. The van der Waals surface area contributed by atoms with Crippen molar-refractivity contribution in [3.63, 3.8) is 0 Å². The summed E-state index contributed by atoms with van der Waals surface area (Å²) in [5.41, 5.74) is 0. The number of aromatic nitrogens is 3. The molecular weight excluding hydrogens is 242 g/mol. The Morgan fingerprint density at radius 1 is 1.21 bits per heavy atom. The fourth-order valence-electron chi connectivity index (χ4n) is 3.26. The maximum absolute atomic E-state index is 11.8. The Bertz CT molecular complexity index is 463. The highest BCUT2D eigenvalue weighted by molar-refractivity contribution is 5.74. The molecular formula is C14H21N3O2. The fourth-order valence-corrected chi connectivity index (χ4v) is 3.26. The molecule has 104 valence electrons. The number of hydrogen-bond acceptors (Lipinski definition) is 4. The van der Waals surface area contributed by atoms with Gasteiger partial charge in [0.25, 0.3) is 0 Å². The number of carbonyl (C=O) groups excluding carboxylic acids is 1. The summed E-state index contributed by atoms with van der Waals surface area (Å²) in [6.07, 6.45) is 8.97. The highest BCUT2D eigenvalue weighted by Gasteiger charge is 2.31. The molecule has 1 atom stereocenters. The van der Waals surface area contributed by atoms with Gasteiger partial charge in [0.15, 0.2) is 11.9 Å². The quantitative estimate of drug-likeness (QED) is 0.769. The monoisotopic (exact) mass is 263 g/mol. The van der Waals surface area contributed by atoms with Crippen LogP contribution in [0.15, 0.2) is 0 Å². The zero-order valence-electron chi connectivity index (χ0n) is 11.5. The molecule has 1 aliphatic heterocycles. The van der Waals surface area contributed by atoms with E-state index in [0.717, 1.165) is 30.9 Å². The first kappa shape index (κ1) is 12.6. The molecule has 3 rings (SSSR count). The number of fused-ring (bicyclic) bond motifs is 1. The van der Waals surface area contributed by atoms with E-state index in [1.807, 2.05) is 4.68 Å². The van der Waals surface area contributed by atoms with Gasteiger partial charge >= 0.3 is 5.97 Å². The van der Waals surface area contributed by atoms with Gasteiger partial charge in [-0.1, -0.05) is 19.3 Å². The molecule has 5 nitrogen and oxygen atoms in total. The van der Waals surface area contributed by atoms with Crippen molar-refractivity contribution in [2.75, 3.05) is 7.11 Å². The third-order valence-corrected chi connectivity index (χ3v) is 4.33. The minimum Gasteiger partial charge on any atom is -0.467 e. The third kappa shape index (κ3) is 2.38. The molecule has 1 saturated carbocycles. The SMILES string of the molecule is COC(=O)C1CCCc2nc(C3CCCCC3)nn21. The number of methoxy groups -OCH3 is 1. The average molecular weight is 263 g/mol. The van der Waals surface area contributed by atoms with Gasteiger partial charge in [-0.05, 0) is 25.7 Å². The van der Waals surface area contributed by atoms with Crippen LogP contribution >= 0.6 is 0 Å². The standard InChI is InChI=1S/C14H21N3O2/c1-19-14(18)11-8-5-9-12-15-13(16-17(11)12)10-6-3-2-4-7-10/h10-11H,2-9H2,1H3. The van der Waals surface area contributed by atoms with E-state index in [4.69, 9.17) is 4.74 Å². The Balaban J connectivity index is 1.86. The number of esters is 1. The average Bonchev–Trinajstić information content (AvgIpc) is 2.91. The van der Waals surface area contributed by atoms with Gasteiger partial charge in [0, 0.05) is 12.3 Å². The molecule has 0 amide bonds. The van der Waals surface area contributed by atoms with Crippen molar-refractivity contribution in [1.29, 1.82) is 0 Å². The van der Waals surface area contributed by atoms with Crippen molar-refractivity contribution in [2.45, 2.75) is 63.3 Å². The molecule has 0 N–H and O–H groups in total. The van der Waals surface area contributed by atoms with Gasteiger partial charge < -0.3 is 4.74 Å². The lowest BCUT2D eigenvalue weighted by molar-refractivity contribution is -0.145. The topological polar surface area (TPSA) is 57.0 Å². The molecule has 0 bridgehead atoms. The summed E-state index contributed by atoms with van der Waals surface area (Å²) in [5, 5.41) is 4.63. The molecule has 1 aromatic rings. The van der Waals surface area contributed by atoms with Crippen molar-refractivity contribution in [1.82, 2.24) is 14.8 Å². The van der Waals surface area contributed by atoms with Crippen LogP contribution < -0.4 is 0 Å². The Labute approximate surface area is 113 Å². The molecule has 0 saturated heterocycles. The zero-order chi connectivity index (χ0) is 13.2. The highest BCUT2D eigenvalue weighted by atomic mass is 16.5. The van der Waals surface area contributed by atoms with Crippen LogP contribution in [-0.4, -0.2) is 27.8 Å². The van der Waals surface area contributed by atoms with E-state index in [1.54, 1.807) is 0 Å². The lowest BCUT2D eigenvalue weighted by atomic mass is 9.89. The van der Waals surface area contributed by atoms with E-state index in [1.165, 1.54) is 39.2 Å². The van der Waals surface area contributed by atoms with Crippen LogP contribution in [0.2, 0.25) is 0 Å². The molecule has 5 heteroatoms. The summed E-state index contributed by atoms with van der Waals surface area (Å²) in [7, 11) is 1.44. The van der Waals surface area contributed by atoms with Crippen LogP contribution in [-0.2, 0) is 16.0 Å². The highest BCUT2D eigenvalue weighted by Crippen LogP contribution is 2.33. The van der Waals surface area contributed by atoms with Crippen molar-refractivity contribution in [2.24, 2.45) is 0 Å². The smallest absolute Gasteiger partial charge is 0.330 e. The molecule has 0 spiro atoms. The second-order valence-corrected chi connectivity index (χ2v) is 5.60. The molecule has 1 aliphatic carbocycles. The summed E-state index contributed by atoms with van der Waals surface area (Å²) < 4.78 is 6.69. The van der Waals surface area contributed by atoms with Gasteiger partial charge in [-0.2, -0.15) is 5.10 Å². The molecule has 19 heavy (non-hydrogen) atoms. The molecule has 2 aliphatic rings. The van der Waals surface area contributed by atoms with E-state index >= 15 is 0 Å². The molecule has 1 unspecified atom stereocenters. The maximum Gasteiger partial charge on any atom is 0.330 e. The first-order chi connectivity index (χ1) is 9.29. The number of rotatable bonds is 2. The summed E-state index contributed by atoms with van der Waals surface area (Å²) in [6, 6.07) is -0.265. The summed E-state index contributed by atoms with van der Waals surface area (Å²) >= 11 is 0. The van der Waals surface area contributed by atoms with E-state index in [9.17, 15) is 4.79 Å². The van der Waals surface area contributed by atoms with Crippen LogP contribution in [0.5, 0.6) is 0 Å². The largest absolute Gasteiger partial charge is 0.467 e.